The molecule has 0 unspecified atom stereocenters. The summed E-state index contributed by atoms with van der Waals surface area (Å²) < 4.78 is 37.5. The minimum atomic E-state index is -4.36. The number of hydrogen-bond donors (Lipinski definition) is 2. The Bertz CT molecular complexity index is 576. The fraction of sp³-hybridized carbons (Fsp3) is 0.231. The lowest BCUT2D eigenvalue weighted by Gasteiger charge is -2.12. The predicted molar refractivity (Wildman–Crippen MR) is 72.2 cm³/mol. The lowest BCUT2D eigenvalue weighted by atomic mass is 10.1. The molecule has 0 saturated heterocycles. The number of rotatable bonds is 3. The molecule has 1 aromatic heterocycles. The van der Waals surface area contributed by atoms with Crippen molar-refractivity contribution in [2.45, 2.75) is 19.6 Å². The van der Waals surface area contributed by atoms with E-state index in [1.165, 1.54) is 6.07 Å². The Kier molecular flexibility index (Phi) is 3.71. The van der Waals surface area contributed by atoms with Crippen LogP contribution in [0, 0.1) is 6.92 Å². The van der Waals surface area contributed by atoms with E-state index < -0.39 is 11.7 Å². The van der Waals surface area contributed by atoms with Gasteiger partial charge in [-0.2, -0.15) is 24.5 Å². The van der Waals surface area contributed by atoms with Crippen LogP contribution in [0.25, 0.3) is 0 Å². The maximum absolute atomic E-state index is 12.5. The Morgan fingerprint density at radius 1 is 1.26 bits per heavy atom. The second kappa shape index (κ2) is 5.13. The Hall–Kier alpha value is -1.69. The second-order valence-electron chi connectivity index (χ2n) is 4.23. The van der Waals surface area contributed by atoms with Gasteiger partial charge in [-0.25, -0.2) is 0 Å². The van der Waals surface area contributed by atoms with Crippen molar-refractivity contribution in [1.82, 2.24) is 0 Å². The molecule has 0 aliphatic heterocycles. The Labute approximate surface area is 113 Å². The molecule has 0 bridgehead atoms. The van der Waals surface area contributed by atoms with Gasteiger partial charge in [0.25, 0.3) is 0 Å². The van der Waals surface area contributed by atoms with E-state index in [4.69, 9.17) is 5.73 Å². The minimum absolute atomic E-state index is 0.0997. The highest BCUT2D eigenvalue weighted by Gasteiger charge is 2.30. The molecule has 2 rings (SSSR count). The van der Waals surface area contributed by atoms with Gasteiger partial charge in [-0.3, -0.25) is 0 Å². The first-order valence-corrected chi connectivity index (χ1v) is 6.54. The van der Waals surface area contributed by atoms with Crippen LogP contribution in [0.3, 0.4) is 0 Å². The van der Waals surface area contributed by atoms with Gasteiger partial charge in [0.1, 0.15) is 0 Å². The summed E-state index contributed by atoms with van der Waals surface area (Å²) >= 11 is 1.59. The normalized spacial score (nSPS) is 11.6. The van der Waals surface area contributed by atoms with Crippen LogP contribution in [0.1, 0.15) is 16.7 Å². The summed E-state index contributed by atoms with van der Waals surface area (Å²) in [5.41, 5.74) is 7.78. The molecule has 19 heavy (non-hydrogen) atoms. The lowest BCUT2D eigenvalue weighted by Crippen LogP contribution is -2.08. The zero-order valence-corrected chi connectivity index (χ0v) is 11.0. The van der Waals surface area contributed by atoms with Crippen LogP contribution in [-0.4, -0.2) is 0 Å². The van der Waals surface area contributed by atoms with E-state index in [1.54, 1.807) is 11.3 Å². The maximum Gasteiger partial charge on any atom is 0.416 e. The van der Waals surface area contributed by atoms with Crippen molar-refractivity contribution < 1.29 is 13.2 Å². The molecule has 6 heteroatoms. The third-order valence-corrected chi connectivity index (χ3v) is 3.72. The number of hydrogen-bond acceptors (Lipinski definition) is 3. The van der Waals surface area contributed by atoms with Crippen LogP contribution in [0.5, 0.6) is 0 Å². The molecule has 102 valence electrons. The molecule has 0 spiro atoms. The highest BCUT2D eigenvalue weighted by atomic mass is 32.1. The standard InChI is InChI=1S/C13H13F3N2S/c1-8-6-19-7-9(8)5-18-12-3-2-10(4-11(12)17)13(14,15)16/h2-4,6-7,18H,5,17H2,1H3. The SMILES string of the molecule is Cc1cscc1CNc1ccc(C(F)(F)F)cc1N. The average Bonchev–Trinajstić information content (AvgIpc) is 2.72. The molecule has 0 radical (unpaired) electrons. The van der Waals surface area contributed by atoms with Crippen LogP contribution in [0.15, 0.2) is 29.0 Å². The van der Waals surface area contributed by atoms with Crippen molar-refractivity contribution in [1.29, 1.82) is 0 Å². The molecule has 1 aromatic carbocycles. The summed E-state index contributed by atoms with van der Waals surface area (Å²) in [7, 11) is 0. The maximum atomic E-state index is 12.5. The van der Waals surface area contributed by atoms with Crippen molar-refractivity contribution in [3.63, 3.8) is 0 Å². The quantitative estimate of drug-likeness (QED) is 0.827. The number of benzene rings is 1. The molecule has 3 N–H and O–H groups in total. The zero-order chi connectivity index (χ0) is 14.0. The molecule has 2 nitrogen and oxygen atoms in total. The number of nitrogens with two attached hydrogens (primary N) is 1. The number of halogens is 3. The van der Waals surface area contributed by atoms with Gasteiger partial charge in [-0.1, -0.05) is 0 Å². The zero-order valence-electron chi connectivity index (χ0n) is 10.2. The van der Waals surface area contributed by atoms with E-state index in [2.05, 4.69) is 5.32 Å². The topological polar surface area (TPSA) is 38.0 Å². The average molecular weight is 286 g/mol. The van der Waals surface area contributed by atoms with Crippen LogP contribution in [-0.2, 0) is 12.7 Å². The largest absolute Gasteiger partial charge is 0.416 e. The Morgan fingerprint density at radius 2 is 2.00 bits per heavy atom. The summed E-state index contributed by atoms with van der Waals surface area (Å²) in [5, 5.41) is 7.07. The van der Waals surface area contributed by atoms with Gasteiger partial charge in [-0.05, 0) is 47.0 Å². The molecule has 0 aliphatic rings. The first kappa shape index (κ1) is 13.7. The number of thiophene rings is 1. The summed E-state index contributed by atoms with van der Waals surface area (Å²) in [5.74, 6) is 0. The summed E-state index contributed by atoms with van der Waals surface area (Å²) in [6.07, 6.45) is -4.36. The number of nitrogen functional groups attached to an aromatic ring is 1. The van der Waals surface area contributed by atoms with E-state index in [9.17, 15) is 13.2 Å². The Balaban J connectivity index is 2.12. The van der Waals surface area contributed by atoms with Crippen molar-refractivity contribution in [3.05, 3.63) is 45.6 Å². The van der Waals surface area contributed by atoms with E-state index in [0.717, 1.165) is 23.3 Å². The van der Waals surface area contributed by atoms with Gasteiger partial charge in [-0.15, -0.1) is 0 Å². The molecular weight excluding hydrogens is 273 g/mol. The molecule has 0 saturated carbocycles. The fourth-order valence-corrected chi connectivity index (χ4v) is 2.52. The molecule has 0 atom stereocenters. The number of alkyl halides is 3. The van der Waals surface area contributed by atoms with Gasteiger partial charge in [0.2, 0.25) is 0 Å². The van der Waals surface area contributed by atoms with Gasteiger partial charge in [0.15, 0.2) is 0 Å². The lowest BCUT2D eigenvalue weighted by molar-refractivity contribution is -0.137. The predicted octanol–water partition coefficient (Wildman–Crippen LogP) is 4.27. The number of nitrogens with one attached hydrogen (secondary N) is 1. The van der Waals surface area contributed by atoms with Gasteiger partial charge in [0, 0.05) is 6.54 Å². The smallest absolute Gasteiger partial charge is 0.397 e. The van der Waals surface area contributed by atoms with Crippen LogP contribution in [0.4, 0.5) is 24.5 Å². The van der Waals surface area contributed by atoms with Gasteiger partial charge < -0.3 is 11.1 Å². The first-order chi connectivity index (χ1) is 8.88. The first-order valence-electron chi connectivity index (χ1n) is 5.60. The van der Waals surface area contributed by atoms with E-state index in [-0.39, 0.29) is 5.69 Å². The van der Waals surface area contributed by atoms with Crippen molar-refractivity contribution in [3.8, 4) is 0 Å². The molecular formula is C13H13F3N2S. The monoisotopic (exact) mass is 286 g/mol. The van der Waals surface area contributed by atoms with E-state index in [0.29, 0.717) is 12.2 Å². The number of anilines is 2. The van der Waals surface area contributed by atoms with E-state index >= 15 is 0 Å². The van der Waals surface area contributed by atoms with Crippen LogP contribution >= 0.6 is 11.3 Å². The third kappa shape index (κ3) is 3.20. The van der Waals surface area contributed by atoms with Gasteiger partial charge >= 0.3 is 6.18 Å². The highest BCUT2D eigenvalue weighted by Crippen LogP contribution is 2.33. The molecule has 0 fully saturated rings. The molecule has 2 aromatic rings. The fourth-order valence-electron chi connectivity index (χ4n) is 1.66. The second-order valence-corrected chi connectivity index (χ2v) is 4.98. The van der Waals surface area contributed by atoms with Crippen LogP contribution in [0.2, 0.25) is 0 Å². The third-order valence-electron chi connectivity index (χ3n) is 2.81. The van der Waals surface area contributed by atoms with Crippen molar-refractivity contribution >= 4 is 22.7 Å². The summed E-state index contributed by atoms with van der Waals surface area (Å²) in [6.45, 7) is 2.54. The summed E-state index contributed by atoms with van der Waals surface area (Å²) in [6, 6.07) is 3.34. The van der Waals surface area contributed by atoms with Crippen molar-refractivity contribution in [2.75, 3.05) is 11.1 Å². The van der Waals surface area contributed by atoms with Crippen LogP contribution < -0.4 is 11.1 Å². The van der Waals surface area contributed by atoms with E-state index in [1.807, 2.05) is 17.7 Å². The van der Waals surface area contributed by atoms with Crippen molar-refractivity contribution in [2.24, 2.45) is 0 Å². The molecule has 0 amide bonds. The minimum Gasteiger partial charge on any atom is -0.397 e. The molecule has 1 heterocycles. The molecule has 0 aliphatic carbocycles. The van der Waals surface area contributed by atoms with Gasteiger partial charge in [0.05, 0.1) is 16.9 Å². The number of aryl methyl sites for hydroxylation is 1. The highest BCUT2D eigenvalue weighted by molar-refractivity contribution is 7.08. The summed E-state index contributed by atoms with van der Waals surface area (Å²) in [4.78, 5) is 0. The Morgan fingerprint density at radius 3 is 2.53 bits per heavy atom.